The normalized spacial score (nSPS) is 13.6. The van der Waals surface area contributed by atoms with E-state index >= 15 is 0 Å². The molecule has 0 saturated carbocycles. The lowest BCUT2D eigenvalue weighted by Gasteiger charge is -2.20. The molecule has 120 valence electrons. The van der Waals surface area contributed by atoms with Crippen LogP contribution in [0.25, 0.3) is 0 Å². The van der Waals surface area contributed by atoms with Gasteiger partial charge in [0.15, 0.2) is 0 Å². The van der Waals surface area contributed by atoms with E-state index < -0.39 is 10.0 Å². The molecule has 1 aromatic rings. The predicted molar refractivity (Wildman–Crippen MR) is 86.8 cm³/mol. The van der Waals surface area contributed by atoms with Gasteiger partial charge in [-0.15, -0.1) is 0 Å². The second-order valence-electron chi connectivity index (χ2n) is 5.49. The highest BCUT2D eigenvalue weighted by Crippen LogP contribution is 2.11. The van der Waals surface area contributed by atoms with Gasteiger partial charge in [0.1, 0.15) is 0 Å². The van der Waals surface area contributed by atoms with Crippen molar-refractivity contribution < 1.29 is 8.42 Å². The second kappa shape index (κ2) is 8.48. The Morgan fingerprint density at radius 3 is 2.62 bits per heavy atom. The summed E-state index contributed by atoms with van der Waals surface area (Å²) in [6, 6.07) is 7.23. The van der Waals surface area contributed by atoms with E-state index in [0.717, 1.165) is 18.5 Å². The Labute approximate surface area is 128 Å². The van der Waals surface area contributed by atoms with Crippen molar-refractivity contribution in [3.63, 3.8) is 0 Å². The summed E-state index contributed by atoms with van der Waals surface area (Å²) in [5.41, 5.74) is 0.979. The minimum absolute atomic E-state index is 0.147. The number of rotatable bonds is 9. The first-order chi connectivity index (χ1) is 9.86. The Balaban J connectivity index is 2.72. The van der Waals surface area contributed by atoms with Gasteiger partial charge in [-0.1, -0.05) is 19.1 Å². The maximum atomic E-state index is 12.3. The number of benzene rings is 1. The summed E-state index contributed by atoms with van der Waals surface area (Å²) in [4.78, 5) is 2.30. The van der Waals surface area contributed by atoms with Crippen molar-refractivity contribution in [2.75, 3.05) is 27.2 Å². The van der Waals surface area contributed by atoms with Crippen molar-refractivity contribution in [2.45, 2.75) is 37.8 Å². The highest BCUT2D eigenvalue weighted by molar-refractivity contribution is 7.89. The lowest BCUT2D eigenvalue weighted by Crippen LogP contribution is -2.38. The molecule has 0 amide bonds. The third-order valence-corrected chi connectivity index (χ3v) is 4.84. The summed E-state index contributed by atoms with van der Waals surface area (Å²) in [6.45, 7) is 6.09. The van der Waals surface area contributed by atoms with Crippen LogP contribution in [0.1, 0.15) is 25.8 Å². The molecule has 1 aromatic carbocycles. The molecule has 0 saturated heterocycles. The molecule has 0 radical (unpaired) electrons. The van der Waals surface area contributed by atoms with Crippen LogP contribution in [0.15, 0.2) is 29.2 Å². The van der Waals surface area contributed by atoms with Gasteiger partial charge >= 0.3 is 0 Å². The summed E-state index contributed by atoms with van der Waals surface area (Å²) in [5, 5.41) is 3.27. The lowest BCUT2D eigenvalue weighted by molar-refractivity contribution is 0.314. The van der Waals surface area contributed by atoms with E-state index in [0.29, 0.717) is 18.0 Å². The molecule has 0 spiro atoms. The second-order valence-corrected chi connectivity index (χ2v) is 7.26. The first-order valence-corrected chi connectivity index (χ1v) is 8.81. The van der Waals surface area contributed by atoms with E-state index in [4.69, 9.17) is 0 Å². The number of likely N-dealkylation sites (N-methyl/N-ethyl adjacent to an activating group) is 1. The molecule has 0 bridgehead atoms. The zero-order chi connectivity index (χ0) is 15.9. The molecule has 6 heteroatoms. The number of hydrogen-bond donors (Lipinski definition) is 2. The number of nitrogens with zero attached hydrogens (tertiary/aromatic N) is 1. The fourth-order valence-electron chi connectivity index (χ4n) is 1.73. The first-order valence-electron chi connectivity index (χ1n) is 7.32. The summed E-state index contributed by atoms with van der Waals surface area (Å²) < 4.78 is 27.2. The fraction of sp³-hybridized carbons (Fsp3) is 0.600. The summed E-state index contributed by atoms with van der Waals surface area (Å²) >= 11 is 0. The fourth-order valence-corrected chi connectivity index (χ4v) is 2.92. The van der Waals surface area contributed by atoms with Gasteiger partial charge in [-0.05, 0) is 51.7 Å². The molecule has 0 fully saturated rings. The van der Waals surface area contributed by atoms with Crippen LogP contribution in [0.5, 0.6) is 0 Å². The average Bonchev–Trinajstić information content (AvgIpc) is 2.45. The van der Waals surface area contributed by atoms with Gasteiger partial charge in [-0.25, -0.2) is 13.1 Å². The molecule has 0 heterocycles. The Bertz CT molecular complexity index is 529. The first kappa shape index (κ1) is 18.1. The Hall–Kier alpha value is -0.950. The van der Waals surface area contributed by atoms with Crippen LogP contribution in [0, 0.1) is 0 Å². The highest BCUT2D eigenvalue weighted by Gasteiger charge is 2.16. The van der Waals surface area contributed by atoms with Crippen LogP contribution < -0.4 is 10.0 Å². The Kier molecular flexibility index (Phi) is 7.31. The van der Waals surface area contributed by atoms with E-state index in [1.54, 1.807) is 18.2 Å². The van der Waals surface area contributed by atoms with E-state index in [1.165, 1.54) is 0 Å². The molecule has 1 atom stereocenters. The maximum Gasteiger partial charge on any atom is 0.240 e. The SMILES string of the molecule is CCCNCc1cccc(S(=O)(=O)NCC(C)N(C)C)c1. The van der Waals surface area contributed by atoms with Crippen molar-refractivity contribution >= 4 is 10.0 Å². The van der Waals surface area contributed by atoms with Gasteiger partial charge in [-0.3, -0.25) is 0 Å². The molecular formula is C15H27N3O2S. The number of nitrogens with one attached hydrogen (secondary N) is 2. The minimum atomic E-state index is -3.45. The van der Waals surface area contributed by atoms with Crippen LogP contribution >= 0.6 is 0 Å². The highest BCUT2D eigenvalue weighted by atomic mass is 32.2. The molecular weight excluding hydrogens is 286 g/mol. The van der Waals surface area contributed by atoms with Gasteiger partial charge in [0.2, 0.25) is 10.0 Å². The van der Waals surface area contributed by atoms with E-state index in [2.05, 4.69) is 17.0 Å². The Morgan fingerprint density at radius 1 is 1.29 bits per heavy atom. The van der Waals surface area contributed by atoms with Gasteiger partial charge in [-0.2, -0.15) is 0 Å². The molecule has 1 unspecified atom stereocenters. The predicted octanol–water partition coefficient (Wildman–Crippen LogP) is 1.41. The number of sulfonamides is 1. The smallest absolute Gasteiger partial charge is 0.240 e. The van der Waals surface area contributed by atoms with Gasteiger partial charge < -0.3 is 10.2 Å². The topological polar surface area (TPSA) is 61.4 Å². The van der Waals surface area contributed by atoms with Crippen molar-refractivity contribution in [1.29, 1.82) is 0 Å². The van der Waals surface area contributed by atoms with Crippen molar-refractivity contribution in [2.24, 2.45) is 0 Å². The van der Waals surface area contributed by atoms with Crippen LogP contribution in [-0.4, -0.2) is 46.5 Å². The zero-order valence-electron chi connectivity index (χ0n) is 13.4. The quantitative estimate of drug-likeness (QED) is 0.677. The van der Waals surface area contributed by atoms with Crippen LogP contribution in [0.2, 0.25) is 0 Å². The van der Waals surface area contributed by atoms with E-state index in [1.807, 2.05) is 32.0 Å². The molecule has 2 N–H and O–H groups in total. The zero-order valence-corrected chi connectivity index (χ0v) is 14.2. The summed E-state index contributed by atoms with van der Waals surface area (Å²) in [6.07, 6.45) is 1.06. The van der Waals surface area contributed by atoms with Crippen molar-refractivity contribution in [3.05, 3.63) is 29.8 Å². The summed E-state index contributed by atoms with van der Waals surface area (Å²) in [5.74, 6) is 0. The molecule has 0 aliphatic heterocycles. The third-order valence-electron chi connectivity index (χ3n) is 3.41. The molecule has 0 aliphatic carbocycles. The monoisotopic (exact) mass is 313 g/mol. The minimum Gasteiger partial charge on any atom is -0.313 e. The lowest BCUT2D eigenvalue weighted by atomic mass is 10.2. The molecule has 0 aromatic heterocycles. The third kappa shape index (κ3) is 6.13. The molecule has 1 rings (SSSR count). The van der Waals surface area contributed by atoms with Gasteiger partial charge in [0.05, 0.1) is 4.90 Å². The van der Waals surface area contributed by atoms with Gasteiger partial charge in [0, 0.05) is 19.1 Å². The van der Waals surface area contributed by atoms with Crippen LogP contribution in [0.4, 0.5) is 0 Å². The molecule has 5 nitrogen and oxygen atoms in total. The van der Waals surface area contributed by atoms with E-state index in [-0.39, 0.29) is 6.04 Å². The number of hydrogen-bond acceptors (Lipinski definition) is 4. The van der Waals surface area contributed by atoms with Gasteiger partial charge in [0.25, 0.3) is 0 Å². The summed E-state index contributed by atoms with van der Waals surface area (Å²) in [7, 11) is 0.413. The average molecular weight is 313 g/mol. The maximum absolute atomic E-state index is 12.3. The standard InChI is InChI=1S/C15H27N3O2S/c1-5-9-16-12-14-7-6-8-15(10-14)21(19,20)17-11-13(2)18(3)4/h6-8,10,13,16-17H,5,9,11-12H2,1-4H3. The Morgan fingerprint density at radius 2 is 2.00 bits per heavy atom. The van der Waals surface area contributed by atoms with E-state index in [9.17, 15) is 8.42 Å². The van der Waals surface area contributed by atoms with Crippen molar-refractivity contribution in [1.82, 2.24) is 14.9 Å². The molecule has 0 aliphatic rings. The van der Waals surface area contributed by atoms with Crippen molar-refractivity contribution in [3.8, 4) is 0 Å². The van der Waals surface area contributed by atoms with Crippen LogP contribution in [-0.2, 0) is 16.6 Å². The molecule has 21 heavy (non-hydrogen) atoms. The largest absolute Gasteiger partial charge is 0.313 e. The van der Waals surface area contributed by atoms with Crippen LogP contribution in [0.3, 0.4) is 0 Å².